The molecule has 1 saturated heterocycles. The van der Waals surface area contributed by atoms with Gasteiger partial charge in [-0.15, -0.1) is 0 Å². The molecular weight excluding hydrogens is 402 g/mol. The number of benzene rings is 2. The smallest absolute Gasteiger partial charge is 0.257 e. The number of ether oxygens (including phenoxy) is 2. The van der Waals surface area contributed by atoms with Gasteiger partial charge in [-0.2, -0.15) is 0 Å². The Morgan fingerprint density at radius 1 is 1.00 bits per heavy atom. The maximum Gasteiger partial charge on any atom is 0.257 e. The molecule has 0 aliphatic carbocycles. The van der Waals surface area contributed by atoms with Crippen molar-refractivity contribution in [2.45, 2.75) is 38.1 Å². The van der Waals surface area contributed by atoms with Gasteiger partial charge >= 0.3 is 0 Å². The van der Waals surface area contributed by atoms with Crippen LogP contribution in [-0.4, -0.2) is 47.6 Å². The fraction of sp³-hybridized carbons (Fsp3) is 0.346. The summed E-state index contributed by atoms with van der Waals surface area (Å²) < 4.78 is 10.8. The predicted octanol–water partition coefficient (Wildman–Crippen LogP) is 4.79. The number of aromatic nitrogens is 2. The lowest BCUT2D eigenvalue weighted by molar-refractivity contribution is 0.0601. The van der Waals surface area contributed by atoms with Crippen LogP contribution in [-0.2, 0) is 6.42 Å². The number of carbonyl (C=O) groups is 1. The number of rotatable bonds is 7. The highest BCUT2D eigenvalue weighted by Gasteiger charge is 2.27. The van der Waals surface area contributed by atoms with Crippen LogP contribution in [0.4, 0.5) is 0 Å². The fourth-order valence-electron chi connectivity index (χ4n) is 4.28. The van der Waals surface area contributed by atoms with Crippen molar-refractivity contribution in [2.24, 2.45) is 0 Å². The van der Waals surface area contributed by atoms with Crippen LogP contribution in [0.1, 0.15) is 41.6 Å². The first kappa shape index (κ1) is 21.8. The summed E-state index contributed by atoms with van der Waals surface area (Å²) >= 11 is 0. The number of aryl methyl sites for hydroxylation is 1. The van der Waals surface area contributed by atoms with Gasteiger partial charge in [-0.1, -0.05) is 36.4 Å². The lowest BCUT2D eigenvalue weighted by atomic mass is 9.95. The minimum Gasteiger partial charge on any atom is -0.493 e. The first-order valence-electron chi connectivity index (χ1n) is 11.1. The summed E-state index contributed by atoms with van der Waals surface area (Å²) in [6.45, 7) is 0.774. The highest BCUT2D eigenvalue weighted by molar-refractivity contribution is 5.94. The van der Waals surface area contributed by atoms with Crippen molar-refractivity contribution >= 4 is 5.91 Å². The molecule has 0 bridgehead atoms. The summed E-state index contributed by atoms with van der Waals surface area (Å²) in [6, 6.07) is 16.0. The third-order valence-corrected chi connectivity index (χ3v) is 6.03. The Balaban J connectivity index is 1.44. The summed E-state index contributed by atoms with van der Waals surface area (Å²) in [5.41, 5.74) is 2.66. The van der Waals surface area contributed by atoms with Crippen molar-refractivity contribution < 1.29 is 14.3 Å². The average molecular weight is 432 g/mol. The van der Waals surface area contributed by atoms with Crippen molar-refractivity contribution in [3.63, 3.8) is 0 Å². The Morgan fingerprint density at radius 2 is 1.75 bits per heavy atom. The van der Waals surface area contributed by atoms with Crippen molar-refractivity contribution in [1.29, 1.82) is 0 Å². The normalized spacial score (nSPS) is 15.9. The van der Waals surface area contributed by atoms with Gasteiger partial charge in [0.05, 0.1) is 19.8 Å². The van der Waals surface area contributed by atoms with E-state index in [2.05, 4.69) is 16.0 Å². The monoisotopic (exact) mass is 431 g/mol. The largest absolute Gasteiger partial charge is 0.493 e. The summed E-state index contributed by atoms with van der Waals surface area (Å²) in [7, 11) is 3.29. The molecule has 4 rings (SSSR count). The van der Waals surface area contributed by atoms with Gasteiger partial charge in [-0.05, 0) is 49.8 Å². The molecule has 1 fully saturated rings. The molecule has 6 nitrogen and oxygen atoms in total. The van der Waals surface area contributed by atoms with Gasteiger partial charge in [-0.3, -0.25) is 4.79 Å². The second-order valence-corrected chi connectivity index (χ2v) is 8.04. The van der Waals surface area contributed by atoms with E-state index in [0.717, 1.165) is 55.7 Å². The van der Waals surface area contributed by atoms with Gasteiger partial charge in [0.25, 0.3) is 5.91 Å². The van der Waals surface area contributed by atoms with Gasteiger partial charge in [0, 0.05) is 30.5 Å². The van der Waals surface area contributed by atoms with Crippen molar-refractivity contribution in [1.82, 2.24) is 14.9 Å². The van der Waals surface area contributed by atoms with E-state index in [1.54, 1.807) is 26.6 Å². The van der Waals surface area contributed by atoms with Crippen LogP contribution in [0.2, 0.25) is 0 Å². The zero-order valence-electron chi connectivity index (χ0n) is 18.7. The lowest BCUT2D eigenvalue weighted by Gasteiger charge is -2.36. The third kappa shape index (κ3) is 4.90. The number of methoxy groups -OCH3 is 2. The van der Waals surface area contributed by atoms with E-state index in [9.17, 15) is 4.79 Å². The van der Waals surface area contributed by atoms with E-state index in [0.29, 0.717) is 11.4 Å². The third-order valence-electron chi connectivity index (χ3n) is 6.03. The van der Waals surface area contributed by atoms with Crippen molar-refractivity contribution in [2.75, 3.05) is 20.8 Å². The minimum absolute atomic E-state index is 0.0154. The van der Waals surface area contributed by atoms with E-state index in [-0.39, 0.29) is 11.9 Å². The molecule has 0 saturated carbocycles. The van der Waals surface area contributed by atoms with E-state index >= 15 is 0 Å². The maximum atomic E-state index is 13.3. The van der Waals surface area contributed by atoms with Crippen LogP contribution in [0, 0.1) is 0 Å². The van der Waals surface area contributed by atoms with E-state index < -0.39 is 0 Å². The molecule has 1 aliphatic heterocycles. The molecule has 2 heterocycles. The molecule has 6 heteroatoms. The predicted molar refractivity (Wildman–Crippen MR) is 124 cm³/mol. The maximum absolute atomic E-state index is 13.3. The van der Waals surface area contributed by atoms with Crippen LogP contribution in [0.15, 0.2) is 60.9 Å². The number of hydrogen-bond donors (Lipinski definition) is 0. The average Bonchev–Trinajstić information content (AvgIpc) is 2.87. The number of carbonyl (C=O) groups excluding carboxylic acids is 1. The molecule has 2 aromatic carbocycles. The first-order chi connectivity index (χ1) is 15.7. The molecule has 1 aromatic heterocycles. The molecule has 0 radical (unpaired) electrons. The van der Waals surface area contributed by atoms with Gasteiger partial charge in [-0.25, -0.2) is 9.97 Å². The summed E-state index contributed by atoms with van der Waals surface area (Å²) in [5, 5.41) is 0. The Bertz CT molecular complexity index is 1040. The molecule has 3 aromatic rings. The molecule has 32 heavy (non-hydrogen) atoms. The van der Waals surface area contributed by atoms with Gasteiger partial charge in [0.2, 0.25) is 0 Å². The van der Waals surface area contributed by atoms with Gasteiger partial charge < -0.3 is 14.4 Å². The quantitative estimate of drug-likeness (QED) is 0.538. The zero-order valence-corrected chi connectivity index (χ0v) is 18.7. The second-order valence-electron chi connectivity index (χ2n) is 8.04. The molecule has 1 aliphatic rings. The second kappa shape index (κ2) is 10.3. The molecule has 1 unspecified atom stereocenters. The SMILES string of the molecule is COc1ccc(CCC2CCCCN2C(=O)c2cnc(-c3ccccc3)nc2)cc1OC. The van der Waals surface area contributed by atoms with Crippen molar-refractivity contribution in [3.05, 3.63) is 72.1 Å². The number of nitrogens with zero attached hydrogens (tertiary/aromatic N) is 3. The highest BCUT2D eigenvalue weighted by atomic mass is 16.5. The van der Waals surface area contributed by atoms with Gasteiger partial charge in [0.1, 0.15) is 0 Å². The topological polar surface area (TPSA) is 64.5 Å². The number of piperidine rings is 1. The summed E-state index contributed by atoms with van der Waals surface area (Å²) in [6.07, 6.45) is 8.27. The molecule has 0 N–H and O–H groups in total. The Labute approximate surface area is 189 Å². The van der Waals surface area contributed by atoms with Crippen LogP contribution < -0.4 is 9.47 Å². The molecule has 1 atom stereocenters. The van der Waals surface area contributed by atoms with E-state index in [1.165, 1.54) is 5.56 Å². The first-order valence-corrected chi connectivity index (χ1v) is 11.1. The van der Waals surface area contributed by atoms with Crippen LogP contribution in [0.5, 0.6) is 11.5 Å². The van der Waals surface area contributed by atoms with E-state index in [4.69, 9.17) is 9.47 Å². The van der Waals surface area contributed by atoms with Crippen LogP contribution in [0.25, 0.3) is 11.4 Å². The lowest BCUT2D eigenvalue weighted by Crippen LogP contribution is -2.44. The summed E-state index contributed by atoms with van der Waals surface area (Å²) in [4.78, 5) is 24.1. The molecular formula is C26H29N3O3. The highest BCUT2D eigenvalue weighted by Crippen LogP contribution is 2.29. The minimum atomic E-state index is 0.0154. The molecule has 0 spiro atoms. The van der Waals surface area contributed by atoms with E-state index in [1.807, 2.05) is 47.4 Å². The van der Waals surface area contributed by atoms with Gasteiger partial charge in [0.15, 0.2) is 17.3 Å². The molecule has 166 valence electrons. The number of likely N-dealkylation sites (tertiary alicyclic amines) is 1. The Morgan fingerprint density at radius 3 is 2.47 bits per heavy atom. The number of amides is 1. The Kier molecular flexibility index (Phi) is 7.00. The summed E-state index contributed by atoms with van der Waals surface area (Å²) in [5.74, 6) is 2.11. The fourth-order valence-corrected chi connectivity index (χ4v) is 4.28. The van der Waals surface area contributed by atoms with Crippen LogP contribution in [0.3, 0.4) is 0 Å². The standard InChI is InChI=1S/C26H29N3O3/c1-31-23-14-12-19(16-24(23)32-2)11-13-22-10-6-7-15-29(22)26(30)21-17-27-25(28-18-21)20-8-4-3-5-9-20/h3-5,8-9,12,14,16-18,22H,6-7,10-11,13,15H2,1-2H3. The van der Waals surface area contributed by atoms with Crippen LogP contribution >= 0.6 is 0 Å². The molecule has 1 amide bonds. The number of hydrogen-bond acceptors (Lipinski definition) is 5. The Hall–Kier alpha value is -3.41. The zero-order chi connectivity index (χ0) is 22.3. The van der Waals surface area contributed by atoms with Crippen molar-refractivity contribution in [3.8, 4) is 22.9 Å².